The van der Waals surface area contributed by atoms with Crippen LogP contribution in [0.25, 0.3) is 0 Å². The predicted octanol–water partition coefficient (Wildman–Crippen LogP) is 3.62. The number of halogens is 1. The summed E-state index contributed by atoms with van der Waals surface area (Å²) < 4.78 is 5.51. The number of pyridine rings is 1. The monoisotopic (exact) mass is 289 g/mol. The van der Waals surface area contributed by atoms with Crippen LogP contribution in [0.15, 0.2) is 30.5 Å². The van der Waals surface area contributed by atoms with Gasteiger partial charge in [0.2, 0.25) is 5.88 Å². The Morgan fingerprint density at radius 1 is 1.50 bits per heavy atom. The van der Waals surface area contributed by atoms with Crippen LogP contribution in [-0.4, -0.2) is 9.91 Å². The molecule has 2 aromatic rings. The van der Waals surface area contributed by atoms with Crippen molar-refractivity contribution >= 4 is 17.3 Å². The fourth-order valence-electron chi connectivity index (χ4n) is 1.56. The predicted molar refractivity (Wildman–Crippen MR) is 71.9 cm³/mol. The van der Waals surface area contributed by atoms with Crippen molar-refractivity contribution in [2.45, 2.75) is 6.92 Å². The highest BCUT2D eigenvalue weighted by molar-refractivity contribution is 6.31. The van der Waals surface area contributed by atoms with Crippen molar-refractivity contribution in [3.63, 3.8) is 0 Å². The van der Waals surface area contributed by atoms with Crippen LogP contribution in [0.1, 0.15) is 11.1 Å². The second-order valence-electron chi connectivity index (χ2n) is 3.90. The van der Waals surface area contributed by atoms with Gasteiger partial charge in [-0.25, -0.2) is 4.98 Å². The highest BCUT2D eigenvalue weighted by Gasteiger charge is 2.14. The van der Waals surface area contributed by atoms with Crippen molar-refractivity contribution in [1.29, 1.82) is 5.26 Å². The van der Waals surface area contributed by atoms with E-state index in [1.165, 1.54) is 6.07 Å². The van der Waals surface area contributed by atoms with Crippen LogP contribution >= 0.6 is 11.6 Å². The van der Waals surface area contributed by atoms with Crippen molar-refractivity contribution in [1.82, 2.24) is 4.98 Å². The van der Waals surface area contributed by atoms with Gasteiger partial charge in [-0.3, -0.25) is 10.1 Å². The van der Waals surface area contributed by atoms with Gasteiger partial charge >= 0.3 is 0 Å². The lowest BCUT2D eigenvalue weighted by atomic mass is 10.2. The number of aromatic nitrogens is 1. The standard InChI is InChI=1S/C13H8ClN3O3/c1-8-5-9(17(18)19)7-16-13(8)20-12-4-2-3-11(14)10(12)6-15/h2-5,7H,1H3. The Labute approximate surface area is 119 Å². The summed E-state index contributed by atoms with van der Waals surface area (Å²) in [6.45, 7) is 1.63. The zero-order chi connectivity index (χ0) is 14.7. The zero-order valence-corrected chi connectivity index (χ0v) is 11.1. The number of nitriles is 1. The molecule has 2 rings (SSSR count). The molecule has 1 heterocycles. The van der Waals surface area contributed by atoms with E-state index in [1.54, 1.807) is 25.1 Å². The van der Waals surface area contributed by atoms with Crippen LogP contribution in [0.4, 0.5) is 5.69 Å². The summed E-state index contributed by atoms with van der Waals surface area (Å²) in [7, 11) is 0. The maximum absolute atomic E-state index is 10.6. The quantitative estimate of drug-likeness (QED) is 0.636. The Hall–Kier alpha value is -2.65. The van der Waals surface area contributed by atoms with Gasteiger partial charge in [-0.2, -0.15) is 5.26 Å². The molecule has 0 N–H and O–H groups in total. The summed E-state index contributed by atoms with van der Waals surface area (Å²) >= 11 is 5.89. The molecule has 20 heavy (non-hydrogen) atoms. The SMILES string of the molecule is Cc1cc([N+](=O)[O-])cnc1Oc1cccc(Cl)c1C#N. The third-order valence-corrected chi connectivity index (χ3v) is 2.84. The maximum Gasteiger partial charge on any atom is 0.288 e. The van der Waals surface area contributed by atoms with Gasteiger partial charge in [0, 0.05) is 11.6 Å². The summed E-state index contributed by atoms with van der Waals surface area (Å²) in [5, 5.41) is 19.9. The second kappa shape index (κ2) is 5.55. The second-order valence-corrected chi connectivity index (χ2v) is 4.31. The van der Waals surface area contributed by atoms with Gasteiger partial charge in [-0.05, 0) is 19.1 Å². The Morgan fingerprint density at radius 3 is 2.85 bits per heavy atom. The molecular weight excluding hydrogens is 282 g/mol. The summed E-state index contributed by atoms with van der Waals surface area (Å²) in [6, 6.07) is 8.07. The Bertz CT molecular complexity index is 725. The number of hydrogen-bond donors (Lipinski definition) is 0. The zero-order valence-electron chi connectivity index (χ0n) is 10.3. The lowest BCUT2D eigenvalue weighted by Gasteiger charge is -2.09. The molecule has 0 spiro atoms. The molecule has 0 aliphatic rings. The average molecular weight is 290 g/mol. The molecule has 0 aliphatic carbocycles. The number of aryl methyl sites for hydroxylation is 1. The van der Waals surface area contributed by atoms with Crippen LogP contribution < -0.4 is 4.74 Å². The largest absolute Gasteiger partial charge is 0.437 e. The molecule has 0 fully saturated rings. The highest BCUT2D eigenvalue weighted by Crippen LogP contribution is 2.31. The Morgan fingerprint density at radius 2 is 2.25 bits per heavy atom. The van der Waals surface area contributed by atoms with E-state index in [0.29, 0.717) is 5.56 Å². The molecule has 0 atom stereocenters. The molecule has 0 unspecified atom stereocenters. The number of ether oxygens (including phenoxy) is 1. The van der Waals surface area contributed by atoms with Gasteiger partial charge in [0.1, 0.15) is 23.6 Å². The minimum Gasteiger partial charge on any atom is -0.437 e. The molecule has 1 aromatic heterocycles. The van der Waals surface area contributed by atoms with Crippen molar-refractivity contribution in [3.05, 3.63) is 56.7 Å². The molecule has 0 radical (unpaired) electrons. The minimum atomic E-state index is -0.538. The first-order valence-electron chi connectivity index (χ1n) is 5.50. The summed E-state index contributed by atoms with van der Waals surface area (Å²) in [6.07, 6.45) is 1.10. The van der Waals surface area contributed by atoms with Crippen LogP contribution in [-0.2, 0) is 0 Å². The fourth-order valence-corrected chi connectivity index (χ4v) is 1.76. The molecule has 0 aliphatic heterocycles. The molecular formula is C13H8ClN3O3. The number of benzene rings is 1. The average Bonchev–Trinajstić information content (AvgIpc) is 2.41. The molecule has 0 saturated carbocycles. The first kappa shape index (κ1) is 13.8. The molecule has 0 amide bonds. The van der Waals surface area contributed by atoms with E-state index in [-0.39, 0.29) is 27.9 Å². The lowest BCUT2D eigenvalue weighted by Crippen LogP contribution is -1.96. The van der Waals surface area contributed by atoms with E-state index >= 15 is 0 Å². The van der Waals surface area contributed by atoms with Crippen LogP contribution in [0.5, 0.6) is 11.6 Å². The van der Waals surface area contributed by atoms with E-state index in [2.05, 4.69) is 4.98 Å². The van der Waals surface area contributed by atoms with Gasteiger partial charge in [-0.15, -0.1) is 0 Å². The number of nitrogens with zero attached hydrogens (tertiary/aromatic N) is 3. The topological polar surface area (TPSA) is 89.1 Å². The van der Waals surface area contributed by atoms with Gasteiger partial charge < -0.3 is 4.74 Å². The van der Waals surface area contributed by atoms with E-state index < -0.39 is 4.92 Å². The van der Waals surface area contributed by atoms with Crippen LogP contribution in [0.2, 0.25) is 5.02 Å². The first-order valence-corrected chi connectivity index (χ1v) is 5.88. The third kappa shape index (κ3) is 2.68. The number of nitro groups is 1. The van der Waals surface area contributed by atoms with E-state index in [1.807, 2.05) is 6.07 Å². The van der Waals surface area contributed by atoms with Crippen LogP contribution in [0.3, 0.4) is 0 Å². The molecule has 6 nitrogen and oxygen atoms in total. The van der Waals surface area contributed by atoms with Gasteiger partial charge in [0.15, 0.2) is 0 Å². The van der Waals surface area contributed by atoms with Gasteiger partial charge in [-0.1, -0.05) is 17.7 Å². The highest BCUT2D eigenvalue weighted by atomic mass is 35.5. The smallest absolute Gasteiger partial charge is 0.288 e. The van der Waals surface area contributed by atoms with Crippen molar-refractivity contribution in [2.75, 3.05) is 0 Å². The third-order valence-electron chi connectivity index (χ3n) is 2.52. The Balaban J connectivity index is 2.39. The maximum atomic E-state index is 10.6. The van der Waals surface area contributed by atoms with E-state index in [4.69, 9.17) is 21.6 Å². The summed E-state index contributed by atoms with van der Waals surface area (Å²) in [5.41, 5.74) is 0.554. The molecule has 0 bridgehead atoms. The first-order chi connectivity index (χ1) is 9.52. The van der Waals surface area contributed by atoms with Crippen LogP contribution in [0, 0.1) is 28.4 Å². The Kier molecular flexibility index (Phi) is 3.82. The van der Waals surface area contributed by atoms with Gasteiger partial charge in [0.05, 0.1) is 9.95 Å². The molecule has 7 heteroatoms. The lowest BCUT2D eigenvalue weighted by molar-refractivity contribution is -0.385. The molecule has 0 saturated heterocycles. The van der Waals surface area contributed by atoms with E-state index in [0.717, 1.165) is 6.20 Å². The van der Waals surface area contributed by atoms with Crippen molar-refractivity contribution in [3.8, 4) is 17.7 Å². The number of hydrogen-bond acceptors (Lipinski definition) is 5. The fraction of sp³-hybridized carbons (Fsp3) is 0.0769. The normalized spacial score (nSPS) is 9.85. The van der Waals surface area contributed by atoms with Crippen molar-refractivity contribution in [2.24, 2.45) is 0 Å². The van der Waals surface area contributed by atoms with Gasteiger partial charge in [0.25, 0.3) is 5.69 Å². The van der Waals surface area contributed by atoms with E-state index in [9.17, 15) is 10.1 Å². The molecule has 1 aromatic carbocycles. The summed E-state index contributed by atoms with van der Waals surface area (Å²) in [4.78, 5) is 14.0. The number of rotatable bonds is 3. The minimum absolute atomic E-state index is 0.124. The summed E-state index contributed by atoms with van der Waals surface area (Å²) in [5.74, 6) is 0.443. The van der Waals surface area contributed by atoms with Crippen molar-refractivity contribution < 1.29 is 9.66 Å². The molecule has 100 valence electrons.